The number of ether oxygens (including phenoxy) is 1. The van der Waals surface area contributed by atoms with Crippen molar-refractivity contribution < 1.29 is 9.84 Å². The van der Waals surface area contributed by atoms with Gasteiger partial charge in [0.25, 0.3) is 0 Å². The van der Waals surface area contributed by atoms with E-state index >= 15 is 0 Å². The molecule has 0 radical (unpaired) electrons. The first-order chi connectivity index (χ1) is 12.7. The van der Waals surface area contributed by atoms with Crippen LogP contribution in [0.1, 0.15) is 18.4 Å². The molecule has 1 atom stereocenters. The minimum atomic E-state index is 0.182. The Kier molecular flexibility index (Phi) is 5.88. The van der Waals surface area contributed by atoms with Crippen molar-refractivity contribution in [1.29, 1.82) is 0 Å². The third-order valence-electron chi connectivity index (χ3n) is 4.57. The highest BCUT2D eigenvalue weighted by molar-refractivity contribution is 5.84. The number of rotatable bonds is 3. The Labute approximate surface area is 154 Å². The van der Waals surface area contributed by atoms with E-state index in [2.05, 4.69) is 66.7 Å². The van der Waals surface area contributed by atoms with E-state index in [1.807, 2.05) is 25.1 Å². The van der Waals surface area contributed by atoms with Gasteiger partial charge in [-0.3, -0.25) is 0 Å². The van der Waals surface area contributed by atoms with Crippen LogP contribution in [-0.4, -0.2) is 18.8 Å². The average Bonchev–Trinajstić information content (AvgIpc) is 2.73. The zero-order valence-electron chi connectivity index (χ0n) is 15.2. The molecule has 4 aromatic carbocycles. The third-order valence-corrected chi connectivity index (χ3v) is 4.57. The SMILES string of the molecule is COc1ccc2cc(C(C)CO)ccc2c1.c1ccc2ccccc2c1. The third kappa shape index (κ3) is 4.22. The Hall–Kier alpha value is -2.84. The van der Waals surface area contributed by atoms with E-state index < -0.39 is 0 Å². The van der Waals surface area contributed by atoms with Gasteiger partial charge in [-0.25, -0.2) is 0 Å². The molecular weight excluding hydrogens is 320 g/mol. The summed E-state index contributed by atoms with van der Waals surface area (Å²) in [6.45, 7) is 2.20. The largest absolute Gasteiger partial charge is 0.497 e. The predicted octanol–water partition coefficient (Wildman–Crippen LogP) is 5.78. The highest BCUT2D eigenvalue weighted by Gasteiger charge is 2.05. The second-order valence-electron chi connectivity index (χ2n) is 6.40. The Balaban J connectivity index is 0.000000167. The topological polar surface area (TPSA) is 29.5 Å². The number of aliphatic hydroxyl groups is 1. The number of aliphatic hydroxyl groups excluding tert-OH is 1. The molecule has 4 aromatic rings. The van der Waals surface area contributed by atoms with Gasteiger partial charge in [0.1, 0.15) is 5.75 Å². The molecule has 2 heteroatoms. The monoisotopic (exact) mass is 344 g/mol. The van der Waals surface area contributed by atoms with Crippen molar-refractivity contribution in [1.82, 2.24) is 0 Å². The molecule has 0 aliphatic carbocycles. The van der Waals surface area contributed by atoms with E-state index in [1.165, 1.54) is 21.7 Å². The van der Waals surface area contributed by atoms with Crippen molar-refractivity contribution in [3.63, 3.8) is 0 Å². The van der Waals surface area contributed by atoms with Crippen LogP contribution in [0.4, 0.5) is 0 Å². The Morgan fingerprint density at radius 1 is 0.731 bits per heavy atom. The van der Waals surface area contributed by atoms with Gasteiger partial charge >= 0.3 is 0 Å². The fraction of sp³-hybridized carbons (Fsp3) is 0.167. The maximum absolute atomic E-state index is 9.12. The lowest BCUT2D eigenvalue weighted by molar-refractivity contribution is 0.273. The molecule has 0 heterocycles. The standard InChI is InChI=1S/C14H16O2.C10H8/c1-10(9-15)11-3-4-13-8-14(16-2)6-5-12(13)7-11;1-2-6-10-8-4-3-7-9(10)5-1/h3-8,10,15H,9H2,1-2H3;1-8H. The average molecular weight is 344 g/mol. The maximum Gasteiger partial charge on any atom is 0.119 e. The number of hydrogen-bond acceptors (Lipinski definition) is 2. The highest BCUT2D eigenvalue weighted by Crippen LogP contribution is 2.24. The van der Waals surface area contributed by atoms with Gasteiger partial charge in [-0.1, -0.05) is 79.7 Å². The highest BCUT2D eigenvalue weighted by atomic mass is 16.5. The summed E-state index contributed by atoms with van der Waals surface area (Å²) in [4.78, 5) is 0. The molecule has 0 spiro atoms. The maximum atomic E-state index is 9.12. The van der Waals surface area contributed by atoms with Crippen molar-refractivity contribution in [2.24, 2.45) is 0 Å². The van der Waals surface area contributed by atoms with E-state index in [-0.39, 0.29) is 12.5 Å². The van der Waals surface area contributed by atoms with Crippen LogP contribution in [0.15, 0.2) is 84.9 Å². The molecule has 0 amide bonds. The van der Waals surface area contributed by atoms with E-state index in [4.69, 9.17) is 9.84 Å². The number of methoxy groups -OCH3 is 1. The van der Waals surface area contributed by atoms with Crippen molar-refractivity contribution in [2.75, 3.05) is 13.7 Å². The summed E-state index contributed by atoms with van der Waals surface area (Å²) >= 11 is 0. The van der Waals surface area contributed by atoms with Gasteiger partial charge in [-0.15, -0.1) is 0 Å². The lowest BCUT2D eigenvalue weighted by atomic mass is 9.98. The van der Waals surface area contributed by atoms with Gasteiger partial charge in [0.2, 0.25) is 0 Å². The molecule has 0 bridgehead atoms. The molecule has 0 saturated heterocycles. The Morgan fingerprint density at radius 3 is 1.81 bits per heavy atom. The first-order valence-electron chi connectivity index (χ1n) is 8.83. The minimum absolute atomic E-state index is 0.182. The second kappa shape index (κ2) is 8.50. The molecular formula is C24H24O2. The molecule has 0 fully saturated rings. The van der Waals surface area contributed by atoms with Crippen LogP contribution in [-0.2, 0) is 0 Å². The molecule has 1 unspecified atom stereocenters. The molecule has 0 aliphatic heterocycles. The smallest absolute Gasteiger partial charge is 0.119 e. The summed E-state index contributed by atoms with van der Waals surface area (Å²) in [5.41, 5.74) is 1.17. The summed E-state index contributed by atoms with van der Waals surface area (Å²) in [6, 6.07) is 29.0. The van der Waals surface area contributed by atoms with Crippen molar-refractivity contribution >= 4 is 21.5 Å². The fourth-order valence-electron chi connectivity index (χ4n) is 2.91. The summed E-state index contributed by atoms with van der Waals surface area (Å²) in [6.07, 6.45) is 0. The van der Waals surface area contributed by atoms with Gasteiger partial charge in [0, 0.05) is 12.5 Å². The van der Waals surface area contributed by atoms with E-state index in [0.29, 0.717) is 0 Å². The Morgan fingerprint density at radius 2 is 1.27 bits per heavy atom. The van der Waals surface area contributed by atoms with Crippen molar-refractivity contribution in [3.8, 4) is 5.75 Å². The van der Waals surface area contributed by atoms with Crippen LogP contribution >= 0.6 is 0 Å². The predicted molar refractivity (Wildman–Crippen MR) is 110 cm³/mol. The molecule has 132 valence electrons. The minimum Gasteiger partial charge on any atom is -0.497 e. The summed E-state index contributed by atoms with van der Waals surface area (Å²) < 4.78 is 5.18. The van der Waals surface area contributed by atoms with Gasteiger partial charge in [-0.05, 0) is 39.2 Å². The molecule has 4 rings (SSSR count). The van der Waals surface area contributed by atoms with Crippen LogP contribution < -0.4 is 4.74 Å². The quantitative estimate of drug-likeness (QED) is 0.510. The number of fused-ring (bicyclic) bond motifs is 2. The summed E-state index contributed by atoms with van der Waals surface area (Å²) in [5.74, 6) is 1.06. The summed E-state index contributed by atoms with van der Waals surface area (Å²) in [7, 11) is 1.67. The first-order valence-corrected chi connectivity index (χ1v) is 8.83. The van der Waals surface area contributed by atoms with E-state index in [9.17, 15) is 0 Å². The first kappa shape index (κ1) is 18.0. The fourth-order valence-corrected chi connectivity index (χ4v) is 2.91. The van der Waals surface area contributed by atoms with Crippen LogP contribution in [0.3, 0.4) is 0 Å². The van der Waals surface area contributed by atoms with Crippen LogP contribution in [0, 0.1) is 0 Å². The molecule has 1 N–H and O–H groups in total. The lowest BCUT2D eigenvalue weighted by Gasteiger charge is -2.10. The van der Waals surface area contributed by atoms with Gasteiger partial charge in [0.15, 0.2) is 0 Å². The molecule has 0 aromatic heterocycles. The van der Waals surface area contributed by atoms with Gasteiger partial charge < -0.3 is 9.84 Å². The molecule has 0 aliphatic rings. The van der Waals surface area contributed by atoms with Crippen LogP contribution in [0.25, 0.3) is 21.5 Å². The van der Waals surface area contributed by atoms with Crippen molar-refractivity contribution in [2.45, 2.75) is 12.8 Å². The zero-order chi connectivity index (χ0) is 18.4. The molecule has 0 saturated carbocycles. The molecule has 26 heavy (non-hydrogen) atoms. The van der Waals surface area contributed by atoms with Gasteiger partial charge in [0.05, 0.1) is 7.11 Å². The number of hydrogen-bond donors (Lipinski definition) is 1. The van der Waals surface area contributed by atoms with Crippen LogP contribution in [0.5, 0.6) is 5.75 Å². The van der Waals surface area contributed by atoms with E-state index in [0.717, 1.165) is 11.1 Å². The normalized spacial score (nSPS) is 11.7. The number of benzene rings is 4. The zero-order valence-corrected chi connectivity index (χ0v) is 15.2. The Bertz CT molecular complexity index is 926. The second-order valence-corrected chi connectivity index (χ2v) is 6.40. The van der Waals surface area contributed by atoms with Gasteiger partial charge in [-0.2, -0.15) is 0 Å². The van der Waals surface area contributed by atoms with Crippen LogP contribution in [0.2, 0.25) is 0 Å². The van der Waals surface area contributed by atoms with E-state index in [1.54, 1.807) is 7.11 Å². The summed E-state index contributed by atoms with van der Waals surface area (Å²) in [5, 5.41) is 14.1. The van der Waals surface area contributed by atoms with Crippen molar-refractivity contribution in [3.05, 3.63) is 90.5 Å². The molecule has 2 nitrogen and oxygen atoms in total. The lowest BCUT2D eigenvalue weighted by Crippen LogP contribution is -1.98.